The molecule has 0 spiro atoms. The highest BCUT2D eigenvalue weighted by molar-refractivity contribution is 5.96. The maximum Gasteiger partial charge on any atom is 0.251 e. The number of fused-ring (bicyclic) bond motifs is 1. The largest absolute Gasteiger partial charge is 0.343 e. The number of amides is 2. The van der Waals surface area contributed by atoms with E-state index < -0.39 is 0 Å². The predicted octanol–water partition coefficient (Wildman–Crippen LogP) is 1.05. The van der Waals surface area contributed by atoms with Crippen molar-refractivity contribution >= 4 is 24.2 Å². The van der Waals surface area contributed by atoms with Gasteiger partial charge in [-0.25, -0.2) is 0 Å². The van der Waals surface area contributed by atoms with Crippen molar-refractivity contribution in [3.8, 4) is 0 Å². The van der Waals surface area contributed by atoms with Gasteiger partial charge in [0, 0.05) is 24.7 Å². The molecule has 2 aliphatic heterocycles. The molecule has 3 rings (SSSR count). The molecule has 5 nitrogen and oxygen atoms in total. The van der Waals surface area contributed by atoms with Crippen LogP contribution in [0.3, 0.4) is 0 Å². The average Bonchev–Trinajstić information content (AvgIpc) is 3.00. The van der Waals surface area contributed by atoms with Crippen LogP contribution >= 0.6 is 12.4 Å². The fraction of sp³-hybridized carbons (Fsp3) is 0.500. The second kappa shape index (κ2) is 7.61. The van der Waals surface area contributed by atoms with E-state index in [-0.39, 0.29) is 30.8 Å². The molecule has 2 saturated heterocycles. The van der Waals surface area contributed by atoms with Crippen LogP contribution in [0.15, 0.2) is 30.3 Å². The second-order valence-electron chi connectivity index (χ2n) is 5.79. The molecular formula is C16H22ClN3O2. The van der Waals surface area contributed by atoms with Gasteiger partial charge in [0.1, 0.15) is 0 Å². The van der Waals surface area contributed by atoms with Crippen molar-refractivity contribution in [1.29, 1.82) is 0 Å². The molecule has 2 unspecified atom stereocenters. The molecule has 2 atom stereocenters. The number of nitrogens with one attached hydrogen (secondary N) is 2. The van der Waals surface area contributed by atoms with Crippen molar-refractivity contribution < 1.29 is 9.59 Å². The lowest BCUT2D eigenvalue weighted by atomic mass is 9.93. The zero-order valence-corrected chi connectivity index (χ0v) is 13.3. The molecule has 0 saturated carbocycles. The highest BCUT2D eigenvalue weighted by Gasteiger charge is 2.34. The highest BCUT2D eigenvalue weighted by Crippen LogP contribution is 2.24. The third-order valence-electron chi connectivity index (χ3n) is 4.44. The van der Waals surface area contributed by atoms with Crippen molar-refractivity contribution in [2.75, 3.05) is 26.2 Å². The van der Waals surface area contributed by atoms with Crippen LogP contribution < -0.4 is 10.6 Å². The third-order valence-corrected chi connectivity index (χ3v) is 4.44. The molecule has 1 aromatic rings. The van der Waals surface area contributed by atoms with Crippen molar-refractivity contribution in [3.63, 3.8) is 0 Å². The first kappa shape index (κ1) is 16.8. The molecule has 0 aliphatic carbocycles. The molecule has 120 valence electrons. The van der Waals surface area contributed by atoms with Crippen LogP contribution in [0.4, 0.5) is 0 Å². The Labute approximate surface area is 136 Å². The number of hydrogen-bond acceptors (Lipinski definition) is 3. The fourth-order valence-corrected chi connectivity index (χ4v) is 3.23. The number of carbonyl (C=O) groups is 2. The Kier molecular flexibility index (Phi) is 5.80. The van der Waals surface area contributed by atoms with E-state index in [9.17, 15) is 9.59 Å². The normalized spacial score (nSPS) is 23.4. The van der Waals surface area contributed by atoms with Crippen LogP contribution in [0.1, 0.15) is 23.2 Å². The van der Waals surface area contributed by atoms with Gasteiger partial charge in [-0.05, 0) is 37.4 Å². The summed E-state index contributed by atoms with van der Waals surface area (Å²) >= 11 is 0. The topological polar surface area (TPSA) is 61.4 Å². The van der Waals surface area contributed by atoms with Crippen molar-refractivity contribution in [3.05, 3.63) is 35.9 Å². The van der Waals surface area contributed by atoms with Crippen molar-refractivity contribution in [1.82, 2.24) is 15.5 Å². The number of piperidine rings is 1. The Balaban J connectivity index is 0.00000176. The van der Waals surface area contributed by atoms with Crippen molar-refractivity contribution in [2.24, 2.45) is 5.92 Å². The lowest BCUT2D eigenvalue weighted by molar-refractivity contribution is -0.132. The van der Waals surface area contributed by atoms with E-state index >= 15 is 0 Å². The van der Waals surface area contributed by atoms with Crippen LogP contribution in [-0.2, 0) is 4.79 Å². The van der Waals surface area contributed by atoms with Gasteiger partial charge in [-0.3, -0.25) is 9.59 Å². The lowest BCUT2D eigenvalue weighted by Crippen LogP contribution is -2.49. The summed E-state index contributed by atoms with van der Waals surface area (Å²) in [5.74, 6) is 0.401. The maximum atomic E-state index is 12.2. The van der Waals surface area contributed by atoms with Gasteiger partial charge in [0.05, 0.1) is 6.54 Å². The minimum atomic E-state index is -0.193. The minimum Gasteiger partial charge on any atom is -0.343 e. The molecule has 2 amide bonds. The van der Waals surface area contributed by atoms with Crippen LogP contribution in [0.25, 0.3) is 0 Å². The standard InChI is InChI=1S/C16H21N3O2.ClH/c20-15(10-18-16(21)12-4-2-1-3-5-12)19-9-7-14-13(11-19)6-8-17-14;/h1-5,13-14,17H,6-11H2,(H,18,21);1H. The Morgan fingerprint density at radius 1 is 1.23 bits per heavy atom. The van der Waals surface area contributed by atoms with Crippen LogP contribution in [0.2, 0.25) is 0 Å². The maximum absolute atomic E-state index is 12.2. The van der Waals surface area contributed by atoms with E-state index in [1.807, 2.05) is 23.1 Å². The fourth-order valence-electron chi connectivity index (χ4n) is 3.23. The number of benzene rings is 1. The summed E-state index contributed by atoms with van der Waals surface area (Å²) in [4.78, 5) is 26.0. The Morgan fingerprint density at radius 3 is 2.77 bits per heavy atom. The average molecular weight is 324 g/mol. The molecule has 0 aromatic heterocycles. The summed E-state index contributed by atoms with van der Waals surface area (Å²) in [5, 5.41) is 6.19. The lowest BCUT2D eigenvalue weighted by Gasteiger charge is -2.34. The number of halogens is 1. The summed E-state index contributed by atoms with van der Waals surface area (Å²) in [7, 11) is 0. The molecule has 0 bridgehead atoms. The predicted molar refractivity (Wildman–Crippen MR) is 87.1 cm³/mol. The van der Waals surface area contributed by atoms with E-state index in [0.29, 0.717) is 17.5 Å². The summed E-state index contributed by atoms with van der Waals surface area (Å²) in [6, 6.07) is 9.56. The molecule has 2 heterocycles. The van der Waals surface area contributed by atoms with Gasteiger partial charge in [0.15, 0.2) is 0 Å². The first-order valence-electron chi connectivity index (χ1n) is 7.58. The van der Waals surface area contributed by atoms with E-state index in [2.05, 4.69) is 10.6 Å². The minimum absolute atomic E-state index is 0. The van der Waals surface area contributed by atoms with E-state index in [1.54, 1.807) is 12.1 Å². The summed E-state index contributed by atoms with van der Waals surface area (Å²) in [5.41, 5.74) is 0.587. The molecule has 0 radical (unpaired) electrons. The van der Waals surface area contributed by atoms with E-state index in [4.69, 9.17) is 0 Å². The molecule has 2 aliphatic rings. The van der Waals surface area contributed by atoms with Gasteiger partial charge < -0.3 is 15.5 Å². The van der Waals surface area contributed by atoms with Crippen molar-refractivity contribution in [2.45, 2.75) is 18.9 Å². The van der Waals surface area contributed by atoms with Crippen LogP contribution in [0.5, 0.6) is 0 Å². The SMILES string of the molecule is Cl.O=C(NCC(=O)N1CCC2NCCC2C1)c1ccccc1. The first-order chi connectivity index (χ1) is 10.2. The van der Waals surface area contributed by atoms with E-state index in [1.165, 1.54) is 0 Å². The number of carbonyl (C=O) groups excluding carboxylic acids is 2. The Bertz CT molecular complexity index is 523. The second-order valence-corrected chi connectivity index (χ2v) is 5.79. The number of hydrogen-bond donors (Lipinski definition) is 2. The zero-order chi connectivity index (χ0) is 14.7. The molecule has 2 fully saturated rings. The van der Waals surface area contributed by atoms with Gasteiger partial charge in [-0.1, -0.05) is 18.2 Å². The first-order valence-corrected chi connectivity index (χ1v) is 7.58. The van der Waals surface area contributed by atoms with Gasteiger partial charge in [0.2, 0.25) is 5.91 Å². The molecule has 22 heavy (non-hydrogen) atoms. The monoisotopic (exact) mass is 323 g/mol. The quantitative estimate of drug-likeness (QED) is 0.874. The smallest absolute Gasteiger partial charge is 0.251 e. The van der Waals surface area contributed by atoms with Crippen LogP contribution in [-0.4, -0.2) is 48.9 Å². The van der Waals surface area contributed by atoms with Gasteiger partial charge in [-0.15, -0.1) is 12.4 Å². The van der Waals surface area contributed by atoms with Gasteiger partial charge in [-0.2, -0.15) is 0 Å². The third kappa shape index (κ3) is 3.78. The summed E-state index contributed by atoms with van der Waals surface area (Å²) in [6.07, 6.45) is 2.16. The zero-order valence-electron chi connectivity index (χ0n) is 12.5. The van der Waals surface area contributed by atoms with Crippen LogP contribution in [0, 0.1) is 5.92 Å². The van der Waals surface area contributed by atoms with Gasteiger partial charge >= 0.3 is 0 Å². The highest BCUT2D eigenvalue weighted by atomic mass is 35.5. The van der Waals surface area contributed by atoms with E-state index in [0.717, 1.165) is 32.5 Å². The van der Waals surface area contributed by atoms with Gasteiger partial charge in [0.25, 0.3) is 5.91 Å². The Hall–Kier alpha value is -1.59. The Morgan fingerprint density at radius 2 is 2.00 bits per heavy atom. The number of likely N-dealkylation sites (tertiary alicyclic amines) is 1. The molecule has 6 heteroatoms. The summed E-state index contributed by atoms with van der Waals surface area (Å²) < 4.78 is 0. The number of nitrogens with zero attached hydrogens (tertiary/aromatic N) is 1. The molecule has 2 N–H and O–H groups in total. The number of rotatable bonds is 3. The molecular weight excluding hydrogens is 302 g/mol. The summed E-state index contributed by atoms with van der Waals surface area (Å²) in [6.45, 7) is 2.74. The molecule has 1 aromatic carbocycles.